The van der Waals surface area contributed by atoms with Crippen molar-refractivity contribution >= 4 is 32.6 Å². The highest BCUT2D eigenvalue weighted by Crippen LogP contribution is 2.50. The predicted molar refractivity (Wildman–Crippen MR) is 176 cm³/mol. The minimum Gasteiger partial charge on any atom is -0.541 e. The molecule has 224 valence electrons. The molecule has 1 aliphatic heterocycles. The standard InChI is InChI=1S/C32H52BrNO4Si2/c1-22-28(33)25-18-24(20-37-39(9,10)31(2,3)4)34-26(21-36-19-23-16-14-13-15-17-23)27(25)30(29(22)35-8)38-40(11,12)32(5,6)7/h13-17,24,26,34H,18-21H2,1-12H3/t24-,26-/m0/s1. The minimum atomic E-state index is -2.17. The second kappa shape index (κ2) is 12.6. The Bertz CT molecular complexity index is 1160. The lowest BCUT2D eigenvalue weighted by Crippen LogP contribution is -2.49. The first-order valence-corrected chi connectivity index (χ1v) is 21.1. The lowest BCUT2D eigenvalue weighted by Gasteiger charge is -2.42. The minimum absolute atomic E-state index is 0.0484. The molecule has 40 heavy (non-hydrogen) atoms. The second-order valence-corrected chi connectivity index (χ2v) is 24.6. The third-order valence-electron chi connectivity index (χ3n) is 9.16. The first-order valence-electron chi connectivity index (χ1n) is 14.5. The van der Waals surface area contributed by atoms with E-state index in [1.54, 1.807) is 7.11 Å². The quantitative estimate of drug-likeness (QED) is 0.260. The van der Waals surface area contributed by atoms with Gasteiger partial charge in [-0.1, -0.05) is 87.8 Å². The highest BCUT2D eigenvalue weighted by Gasteiger charge is 2.43. The Morgan fingerprint density at radius 2 is 1.50 bits per heavy atom. The van der Waals surface area contributed by atoms with Crippen LogP contribution in [0.5, 0.6) is 11.5 Å². The van der Waals surface area contributed by atoms with E-state index in [1.807, 2.05) is 6.07 Å². The van der Waals surface area contributed by atoms with Crippen LogP contribution in [0.15, 0.2) is 34.8 Å². The lowest BCUT2D eigenvalue weighted by atomic mass is 9.88. The molecule has 2 aromatic rings. The maximum absolute atomic E-state index is 7.08. The Kier molecular flexibility index (Phi) is 10.5. The van der Waals surface area contributed by atoms with Crippen LogP contribution in [-0.2, 0) is 22.2 Å². The van der Waals surface area contributed by atoms with E-state index in [-0.39, 0.29) is 22.2 Å². The number of hydrogen-bond acceptors (Lipinski definition) is 5. The average molecular weight is 651 g/mol. The molecule has 1 aliphatic rings. The lowest BCUT2D eigenvalue weighted by molar-refractivity contribution is 0.0869. The number of ether oxygens (including phenoxy) is 2. The van der Waals surface area contributed by atoms with E-state index < -0.39 is 16.6 Å². The summed E-state index contributed by atoms with van der Waals surface area (Å²) in [6.07, 6.45) is 0.846. The van der Waals surface area contributed by atoms with Crippen LogP contribution >= 0.6 is 15.9 Å². The van der Waals surface area contributed by atoms with Crippen LogP contribution in [0.2, 0.25) is 36.3 Å². The molecule has 0 unspecified atom stereocenters. The molecule has 0 amide bonds. The summed E-state index contributed by atoms with van der Waals surface area (Å²) < 4.78 is 27.3. The predicted octanol–water partition coefficient (Wildman–Crippen LogP) is 8.94. The molecule has 8 heteroatoms. The molecule has 2 aromatic carbocycles. The van der Waals surface area contributed by atoms with Gasteiger partial charge in [-0.25, -0.2) is 0 Å². The largest absolute Gasteiger partial charge is 0.541 e. The highest BCUT2D eigenvalue weighted by atomic mass is 79.9. The Morgan fingerprint density at radius 1 is 0.900 bits per heavy atom. The molecule has 2 atom stereocenters. The molecule has 0 radical (unpaired) electrons. The zero-order chi connectivity index (χ0) is 30.1. The zero-order valence-corrected chi connectivity index (χ0v) is 30.5. The van der Waals surface area contributed by atoms with Gasteiger partial charge in [0.15, 0.2) is 19.8 Å². The van der Waals surface area contributed by atoms with Crippen molar-refractivity contribution < 1.29 is 18.3 Å². The van der Waals surface area contributed by atoms with E-state index in [0.717, 1.165) is 39.1 Å². The molecular weight excluding hydrogens is 598 g/mol. The van der Waals surface area contributed by atoms with Crippen molar-refractivity contribution in [2.45, 2.75) is 110 Å². The number of hydrogen-bond donors (Lipinski definition) is 1. The van der Waals surface area contributed by atoms with Gasteiger partial charge in [-0.15, -0.1) is 0 Å². The van der Waals surface area contributed by atoms with E-state index in [4.69, 9.17) is 18.3 Å². The van der Waals surface area contributed by atoms with Gasteiger partial charge >= 0.3 is 0 Å². The Morgan fingerprint density at radius 3 is 2.05 bits per heavy atom. The number of rotatable bonds is 10. The topological polar surface area (TPSA) is 49.0 Å². The van der Waals surface area contributed by atoms with Crippen molar-refractivity contribution in [1.82, 2.24) is 5.32 Å². The van der Waals surface area contributed by atoms with Crippen LogP contribution in [0.1, 0.15) is 69.8 Å². The molecule has 1 N–H and O–H groups in total. The fourth-order valence-electron chi connectivity index (χ4n) is 4.50. The summed E-state index contributed by atoms with van der Waals surface area (Å²) in [7, 11) is -2.32. The maximum Gasteiger partial charge on any atom is 0.250 e. The number of nitrogens with one attached hydrogen (secondary N) is 1. The highest BCUT2D eigenvalue weighted by molar-refractivity contribution is 9.10. The normalized spacial score (nSPS) is 18.4. The average Bonchev–Trinajstić information content (AvgIpc) is 2.85. The van der Waals surface area contributed by atoms with Gasteiger partial charge in [-0.05, 0) is 60.7 Å². The van der Waals surface area contributed by atoms with E-state index in [9.17, 15) is 0 Å². The molecular formula is C32H52BrNO4Si2. The molecule has 0 saturated carbocycles. The smallest absolute Gasteiger partial charge is 0.250 e. The summed E-state index contributed by atoms with van der Waals surface area (Å²) in [5.41, 5.74) is 4.65. The molecule has 1 heterocycles. The van der Waals surface area contributed by atoms with Crippen LogP contribution in [0.25, 0.3) is 0 Å². The van der Waals surface area contributed by atoms with Gasteiger partial charge in [0.25, 0.3) is 8.32 Å². The molecule has 0 fully saturated rings. The molecule has 3 rings (SSSR count). The Labute approximate surface area is 254 Å². The summed E-state index contributed by atoms with van der Waals surface area (Å²) in [6, 6.07) is 10.4. The van der Waals surface area contributed by atoms with Crippen molar-refractivity contribution in [2.75, 3.05) is 20.3 Å². The number of methoxy groups -OCH3 is 1. The van der Waals surface area contributed by atoms with E-state index in [0.29, 0.717) is 19.8 Å². The molecule has 0 saturated heterocycles. The number of fused-ring (bicyclic) bond motifs is 1. The van der Waals surface area contributed by atoms with Crippen LogP contribution < -0.4 is 14.5 Å². The molecule has 0 aliphatic carbocycles. The van der Waals surface area contributed by atoms with Crippen molar-refractivity contribution in [2.24, 2.45) is 0 Å². The van der Waals surface area contributed by atoms with Crippen molar-refractivity contribution in [3.8, 4) is 11.5 Å². The first-order chi connectivity index (χ1) is 18.4. The summed E-state index contributed by atoms with van der Waals surface area (Å²) in [5, 5.41) is 4.12. The third-order valence-corrected chi connectivity index (χ3v) is 19.1. The number of benzene rings is 2. The molecule has 0 spiro atoms. The molecule has 0 aromatic heterocycles. The Hall–Kier alpha value is -1.17. The summed E-state index contributed by atoms with van der Waals surface area (Å²) in [6.45, 7) is 26.8. The van der Waals surface area contributed by atoms with E-state index in [1.165, 1.54) is 5.56 Å². The summed E-state index contributed by atoms with van der Waals surface area (Å²) in [5.74, 6) is 1.68. The van der Waals surface area contributed by atoms with Crippen LogP contribution in [0.4, 0.5) is 0 Å². The monoisotopic (exact) mass is 649 g/mol. The maximum atomic E-state index is 7.08. The fourth-order valence-corrected chi connectivity index (χ4v) is 7.13. The van der Waals surface area contributed by atoms with Crippen molar-refractivity contribution in [3.05, 3.63) is 57.1 Å². The van der Waals surface area contributed by atoms with Gasteiger partial charge in [0.05, 0.1) is 26.4 Å². The fraction of sp³-hybridized carbons (Fsp3) is 0.625. The SMILES string of the molecule is COc1c(C)c(Br)c2c(c1O[Si](C)(C)C(C)(C)C)[C@H](COCc1ccccc1)N[C@H](CO[Si](C)(C)C(C)(C)C)C2. The first kappa shape index (κ1) is 33.3. The second-order valence-electron chi connectivity index (χ2n) is 14.2. The summed E-state index contributed by atoms with van der Waals surface area (Å²) in [4.78, 5) is 0. The van der Waals surface area contributed by atoms with Crippen LogP contribution in [0, 0.1) is 6.92 Å². The molecule has 5 nitrogen and oxygen atoms in total. The van der Waals surface area contributed by atoms with Crippen molar-refractivity contribution in [3.63, 3.8) is 0 Å². The number of halogens is 1. The van der Waals surface area contributed by atoms with Gasteiger partial charge in [0.2, 0.25) is 0 Å². The van der Waals surface area contributed by atoms with E-state index >= 15 is 0 Å². The Balaban J connectivity index is 2.05. The van der Waals surface area contributed by atoms with Gasteiger partial charge < -0.3 is 23.6 Å². The van der Waals surface area contributed by atoms with Gasteiger partial charge in [-0.3, -0.25) is 0 Å². The van der Waals surface area contributed by atoms with Gasteiger partial charge in [0, 0.05) is 28.2 Å². The van der Waals surface area contributed by atoms with E-state index in [2.05, 4.69) is 120 Å². The molecule has 0 bridgehead atoms. The third kappa shape index (κ3) is 7.42. The van der Waals surface area contributed by atoms with Gasteiger partial charge in [-0.2, -0.15) is 0 Å². The van der Waals surface area contributed by atoms with Crippen molar-refractivity contribution in [1.29, 1.82) is 0 Å². The van der Waals surface area contributed by atoms with Gasteiger partial charge in [0.1, 0.15) is 0 Å². The zero-order valence-electron chi connectivity index (χ0n) is 26.9. The van der Waals surface area contributed by atoms with Crippen LogP contribution in [-0.4, -0.2) is 43.0 Å². The summed E-state index contributed by atoms with van der Waals surface area (Å²) >= 11 is 3.97. The van der Waals surface area contributed by atoms with Crippen LogP contribution in [0.3, 0.4) is 0 Å².